The molecule has 0 radical (unpaired) electrons. The van der Waals surface area contributed by atoms with E-state index in [1.807, 2.05) is 12.1 Å². The normalized spacial score (nSPS) is 17.8. The van der Waals surface area contributed by atoms with Crippen molar-refractivity contribution in [2.75, 3.05) is 24.6 Å². The maximum Gasteiger partial charge on any atom is 0.313 e. The lowest BCUT2D eigenvalue weighted by Crippen LogP contribution is -2.32. The molecule has 0 bridgehead atoms. The first-order chi connectivity index (χ1) is 10.0. The van der Waals surface area contributed by atoms with E-state index in [0.717, 1.165) is 18.2 Å². The first kappa shape index (κ1) is 16.0. The second kappa shape index (κ2) is 7.56. The summed E-state index contributed by atoms with van der Waals surface area (Å²) in [6, 6.07) is 7.17. The van der Waals surface area contributed by atoms with E-state index in [1.54, 1.807) is 17.0 Å². The highest BCUT2D eigenvalue weighted by Gasteiger charge is 2.27. The molecule has 21 heavy (non-hydrogen) atoms. The zero-order valence-corrected chi connectivity index (χ0v) is 12.9. The minimum atomic E-state index is -0.906. The molecule has 1 atom stereocenters. The molecule has 1 N–H and O–H groups in total. The van der Waals surface area contributed by atoms with Gasteiger partial charge in [-0.15, -0.1) is 11.8 Å². The van der Waals surface area contributed by atoms with Crippen LogP contribution in [0.25, 0.3) is 0 Å². The molecular formula is C14H16ClNO4S. The van der Waals surface area contributed by atoms with Crippen LogP contribution in [0.3, 0.4) is 0 Å². The molecule has 1 fully saturated rings. The molecule has 7 heteroatoms. The summed E-state index contributed by atoms with van der Waals surface area (Å²) >= 11 is 7.01. The Labute approximate surface area is 132 Å². The molecule has 114 valence electrons. The minimum Gasteiger partial charge on any atom is -0.488 e. The van der Waals surface area contributed by atoms with E-state index in [2.05, 4.69) is 0 Å². The van der Waals surface area contributed by atoms with Gasteiger partial charge in [-0.2, -0.15) is 0 Å². The monoisotopic (exact) mass is 329 g/mol. The predicted molar refractivity (Wildman–Crippen MR) is 82.0 cm³/mol. The summed E-state index contributed by atoms with van der Waals surface area (Å²) < 4.78 is 5.80. The topological polar surface area (TPSA) is 66.8 Å². The van der Waals surface area contributed by atoms with E-state index in [0.29, 0.717) is 23.9 Å². The number of thioether (sulfide) groups is 1. The standard InChI is InChI=1S/C14H16ClNO4S/c15-10-2-1-3-11(6-10)20-12-4-5-16(7-12)13(17)8-21-9-14(18)19/h1-3,6,12H,4-5,7-9H2,(H,18,19). The molecule has 5 nitrogen and oxygen atoms in total. The van der Waals surface area contributed by atoms with Gasteiger partial charge in [0.2, 0.25) is 5.91 Å². The summed E-state index contributed by atoms with van der Waals surface area (Å²) in [5.41, 5.74) is 0. The molecular weight excluding hydrogens is 314 g/mol. The van der Waals surface area contributed by atoms with Crippen molar-refractivity contribution in [2.45, 2.75) is 12.5 Å². The molecule has 0 aromatic heterocycles. The highest BCUT2D eigenvalue weighted by Crippen LogP contribution is 2.22. The van der Waals surface area contributed by atoms with Crippen molar-refractivity contribution in [3.63, 3.8) is 0 Å². The number of carboxylic acids is 1. The third-order valence-corrected chi connectivity index (χ3v) is 4.18. The number of carbonyl (C=O) groups is 2. The SMILES string of the molecule is O=C(O)CSCC(=O)N1CCC(Oc2cccc(Cl)c2)C1. The van der Waals surface area contributed by atoms with Crippen LogP contribution < -0.4 is 4.74 Å². The average Bonchev–Trinajstić information content (AvgIpc) is 2.87. The van der Waals surface area contributed by atoms with Gasteiger partial charge in [-0.3, -0.25) is 9.59 Å². The van der Waals surface area contributed by atoms with Crippen LogP contribution in [0.5, 0.6) is 5.75 Å². The molecule has 0 saturated carbocycles. The molecule has 1 aromatic carbocycles. The Morgan fingerprint density at radius 3 is 2.95 bits per heavy atom. The molecule has 0 aliphatic carbocycles. The van der Waals surface area contributed by atoms with Crippen molar-refractivity contribution in [1.29, 1.82) is 0 Å². The largest absolute Gasteiger partial charge is 0.488 e. The number of hydrogen-bond donors (Lipinski definition) is 1. The zero-order valence-electron chi connectivity index (χ0n) is 11.3. The van der Waals surface area contributed by atoms with Crippen molar-refractivity contribution in [1.82, 2.24) is 4.90 Å². The van der Waals surface area contributed by atoms with E-state index >= 15 is 0 Å². The molecule has 1 unspecified atom stereocenters. The van der Waals surface area contributed by atoms with Crippen molar-refractivity contribution < 1.29 is 19.4 Å². The third kappa shape index (κ3) is 5.13. The van der Waals surface area contributed by atoms with Gasteiger partial charge in [-0.05, 0) is 18.2 Å². The molecule has 1 amide bonds. The molecule has 2 rings (SSSR count). The fourth-order valence-corrected chi connectivity index (χ4v) is 2.91. The Kier molecular flexibility index (Phi) is 5.76. The van der Waals surface area contributed by atoms with E-state index < -0.39 is 5.97 Å². The molecule has 0 spiro atoms. The van der Waals surface area contributed by atoms with Gasteiger partial charge in [0.25, 0.3) is 0 Å². The lowest BCUT2D eigenvalue weighted by Gasteiger charge is -2.17. The first-order valence-corrected chi connectivity index (χ1v) is 8.07. The van der Waals surface area contributed by atoms with Crippen LogP contribution in [0.2, 0.25) is 5.02 Å². The number of rotatable bonds is 6. The Bertz CT molecular complexity index is 525. The van der Waals surface area contributed by atoms with E-state index in [-0.39, 0.29) is 23.5 Å². The van der Waals surface area contributed by atoms with Crippen LogP contribution in [0.15, 0.2) is 24.3 Å². The van der Waals surface area contributed by atoms with Gasteiger partial charge in [-0.25, -0.2) is 0 Å². The van der Waals surface area contributed by atoms with Crippen LogP contribution in [-0.4, -0.2) is 52.6 Å². The number of carbonyl (C=O) groups excluding carboxylic acids is 1. The van der Waals surface area contributed by atoms with E-state index in [1.165, 1.54) is 0 Å². The number of benzene rings is 1. The summed E-state index contributed by atoms with van der Waals surface area (Å²) in [6.45, 7) is 1.16. The van der Waals surface area contributed by atoms with Gasteiger partial charge in [0, 0.05) is 18.0 Å². The summed E-state index contributed by atoms with van der Waals surface area (Å²) in [5, 5.41) is 9.16. The van der Waals surface area contributed by atoms with Gasteiger partial charge >= 0.3 is 5.97 Å². The average molecular weight is 330 g/mol. The number of ether oxygens (including phenoxy) is 1. The zero-order chi connectivity index (χ0) is 15.2. The number of likely N-dealkylation sites (tertiary alicyclic amines) is 1. The quantitative estimate of drug-likeness (QED) is 0.866. The van der Waals surface area contributed by atoms with Gasteiger partial charge in [0.1, 0.15) is 11.9 Å². The maximum atomic E-state index is 11.9. The third-order valence-electron chi connectivity index (χ3n) is 3.05. The molecule has 1 heterocycles. The predicted octanol–water partition coefficient (Wildman–Crippen LogP) is 2.14. The van der Waals surface area contributed by atoms with Crippen LogP contribution in [0, 0.1) is 0 Å². The minimum absolute atomic E-state index is 0.0431. The summed E-state index contributed by atoms with van der Waals surface area (Å²) in [6.07, 6.45) is 0.721. The Morgan fingerprint density at radius 1 is 1.43 bits per heavy atom. The smallest absolute Gasteiger partial charge is 0.313 e. The maximum absolute atomic E-state index is 11.9. The molecule has 1 aliphatic heterocycles. The van der Waals surface area contributed by atoms with Gasteiger partial charge in [0.15, 0.2) is 0 Å². The number of nitrogens with zero attached hydrogens (tertiary/aromatic N) is 1. The molecule has 1 aromatic rings. The number of carboxylic acid groups (broad SMARTS) is 1. The summed E-state index contributed by atoms with van der Waals surface area (Å²) in [4.78, 5) is 24.0. The van der Waals surface area contributed by atoms with Gasteiger partial charge in [0.05, 0.1) is 18.1 Å². The number of aliphatic carboxylic acids is 1. The number of amides is 1. The second-order valence-electron chi connectivity index (χ2n) is 4.71. The Morgan fingerprint density at radius 2 is 2.24 bits per heavy atom. The highest BCUT2D eigenvalue weighted by atomic mass is 35.5. The highest BCUT2D eigenvalue weighted by molar-refractivity contribution is 8.00. The summed E-state index contributed by atoms with van der Waals surface area (Å²) in [5.74, 6) is -0.116. The van der Waals surface area contributed by atoms with Crippen LogP contribution in [0.1, 0.15) is 6.42 Å². The van der Waals surface area contributed by atoms with E-state index in [9.17, 15) is 9.59 Å². The van der Waals surface area contributed by atoms with Crippen molar-refractivity contribution in [3.8, 4) is 5.75 Å². The Balaban J connectivity index is 1.77. The van der Waals surface area contributed by atoms with Crippen molar-refractivity contribution >= 4 is 35.2 Å². The van der Waals surface area contributed by atoms with Crippen LogP contribution >= 0.6 is 23.4 Å². The van der Waals surface area contributed by atoms with E-state index in [4.69, 9.17) is 21.4 Å². The fraction of sp³-hybridized carbons (Fsp3) is 0.429. The number of halogens is 1. The second-order valence-corrected chi connectivity index (χ2v) is 6.13. The number of hydrogen-bond acceptors (Lipinski definition) is 4. The van der Waals surface area contributed by atoms with Gasteiger partial charge < -0.3 is 14.7 Å². The lowest BCUT2D eigenvalue weighted by molar-refractivity contribution is -0.133. The summed E-state index contributed by atoms with van der Waals surface area (Å²) in [7, 11) is 0. The van der Waals surface area contributed by atoms with Crippen molar-refractivity contribution in [2.24, 2.45) is 0 Å². The van der Waals surface area contributed by atoms with Gasteiger partial charge in [-0.1, -0.05) is 17.7 Å². The van der Waals surface area contributed by atoms with Crippen LogP contribution in [-0.2, 0) is 9.59 Å². The van der Waals surface area contributed by atoms with Crippen LogP contribution in [0.4, 0.5) is 0 Å². The van der Waals surface area contributed by atoms with Crippen molar-refractivity contribution in [3.05, 3.63) is 29.3 Å². The molecule has 1 aliphatic rings. The lowest BCUT2D eigenvalue weighted by atomic mass is 10.3. The molecule has 1 saturated heterocycles. The fourth-order valence-electron chi connectivity index (χ4n) is 2.10. The Hall–Kier alpha value is -1.40. The first-order valence-electron chi connectivity index (χ1n) is 6.54.